The summed E-state index contributed by atoms with van der Waals surface area (Å²) in [6.45, 7) is 3.39. The summed E-state index contributed by atoms with van der Waals surface area (Å²) >= 11 is 0. The van der Waals surface area contributed by atoms with Crippen LogP contribution in [0.2, 0.25) is 0 Å². The number of rotatable bonds is 6. The van der Waals surface area contributed by atoms with Crippen LogP contribution in [-0.4, -0.2) is 41.2 Å². The van der Waals surface area contributed by atoms with Gasteiger partial charge < -0.3 is 10.6 Å². The van der Waals surface area contributed by atoms with Crippen molar-refractivity contribution in [3.63, 3.8) is 0 Å². The fraction of sp³-hybridized carbons (Fsp3) is 0.667. The minimum atomic E-state index is -0.149. The van der Waals surface area contributed by atoms with Crippen LogP contribution >= 0.6 is 0 Å². The van der Waals surface area contributed by atoms with Crippen LogP contribution < -0.4 is 5.73 Å². The van der Waals surface area contributed by atoms with E-state index in [4.69, 9.17) is 5.73 Å². The number of carbonyl (C=O) groups is 1. The quantitative estimate of drug-likeness (QED) is 0.785. The van der Waals surface area contributed by atoms with Crippen molar-refractivity contribution in [2.24, 2.45) is 11.7 Å². The summed E-state index contributed by atoms with van der Waals surface area (Å²) in [7, 11) is 3.51. The highest BCUT2D eigenvalue weighted by molar-refractivity contribution is 5.78. The molecule has 1 heterocycles. The first-order chi connectivity index (χ1) is 8.08. The van der Waals surface area contributed by atoms with Gasteiger partial charge >= 0.3 is 0 Å². The van der Waals surface area contributed by atoms with Gasteiger partial charge in [-0.25, -0.2) is 0 Å². The molecular formula is C12H22N4O. The number of hydrogen-bond acceptors (Lipinski definition) is 3. The second-order valence-corrected chi connectivity index (χ2v) is 4.48. The molecule has 1 amide bonds. The Labute approximate surface area is 103 Å². The number of nitrogens with two attached hydrogens (primary N) is 1. The largest absolute Gasteiger partial charge is 0.349 e. The Bertz CT molecular complexity index is 359. The molecule has 0 saturated heterocycles. The van der Waals surface area contributed by atoms with E-state index < -0.39 is 0 Å². The summed E-state index contributed by atoms with van der Waals surface area (Å²) < 4.78 is 1.91. The van der Waals surface area contributed by atoms with Crippen LogP contribution in [0.1, 0.15) is 18.9 Å². The van der Waals surface area contributed by atoms with Crippen LogP contribution in [0.3, 0.4) is 0 Å². The van der Waals surface area contributed by atoms with E-state index in [0.717, 1.165) is 18.5 Å². The highest BCUT2D eigenvalue weighted by Crippen LogP contribution is 2.09. The maximum absolute atomic E-state index is 11.8. The molecule has 0 aliphatic rings. The van der Waals surface area contributed by atoms with Crippen LogP contribution in [0, 0.1) is 5.92 Å². The lowest BCUT2D eigenvalue weighted by molar-refractivity contribution is -0.132. The first-order valence-electron chi connectivity index (χ1n) is 6.01. The minimum Gasteiger partial charge on any atom is -0.349 e. The van der Waals surface area contributed by atoms with Gasteiger partial charge in [-0.05, 0) is 18.4 Å². The van der Waals surface area contributed by atoms with Crippen molar-refractivity contribution in [3.8, 4) is 0 Å². The first kappa shape index (κ1) is 13.7. The van der Waals surface area contributed by atoms with Crippen molar-refractivity contribution in [2.75, 3.05) is 20.6 Å². The average molecular weight is 238 g/mol. The molecule has 1 aromatic rings. The fourth-order valence-corrected chi connectivity index (χ4v) is 1.78. The number of hydrogen-bond donors (Lipinski definition) is 1. The second kappa shape index (κ2) is 6.39. The molecule has 0 bridgehead atoms. The van der Waals surface area contributed by atoms with Gasteiger partial charge in [0.1, 0.15) is 0 Å². The smallest absolute Gasteiger partial charge is 0.226 e. The van der Waals surface area contributed by atoms with E-state index in [1.54, 1.807) is 19.0 Å². The Morgan fingerprint density at radius 1 is 1.59 bits per heavy atom. The van der Waals surface area contributed by atoms with E-state index in [1.807, 2.05) is 17.1 Å². The number of amides is 1. The number of aryl methyl sites for hydroxylation is 1. The van der Waals surface area contributed by atoms with Gasteiger partial charge in [-0.2, -0.15) is 5.10 Å². The predicted octanol–water partition coefficient (Wildman–Crippen LogP) is 0.499. The second-order valence-electron chi connectivity index (χ2n) is 4.48. The summed E-state index contributed by atoms with van der Waals surface area (Å²) in [6.07, 6.45) is 5.53. The zero-order valence-corrected chi connectivity index (χ0v) is 10.9. The van der Waals surface area contributed by atoms with E-state index in [2.05, 4.69) is 12.0 Å². The third kappa shape index (κ3) is 3.85. The van der Waals surface area contributed by atoms with Crippen LogP contribution in [0.25, 0.3) is 0 Å². The molecule has 17 heavy (non-hydrogen) atoms. The van der Waals surface area contributed by atoms with Gasteiger partial charge in [-0.15, -0.1) is 0 Å². The van der Waals surface area contributed by atoms with Crippen LogP contribution in [0.4, 0.5) is 0 Å². The van der Waals surface area contributed by atoms with Gasteiger partial charge in [-0.3, -0.25) is 9.48 Å². The van der Waals surface area contributed by atoms with Gasteiger partial charge in [0.25, 0.3) is 0 Å². The van der Waals surface area contributed by atoms with Crippen LogP contribution in [0.5, 0.6) is 0 Å². The molecule has 2 N–H and O–H groups in total. The van der Waals surface area contributed by atoms with Crippen molar-refractivity contribution in [2.45, 2.75) is 26.3 Å². The number of nitrogens with zero attached hydrogens (tertiary/aromatic N) is 3. The lowest BCUT2D eigenvalue weighted by atomic mass is 10.0. The van der Waals surface area contributed by atoms with Gasteiger partial charge in [0.2, 0.25) is 5.91 Å². The summed E-state index contributed by atoms with van der Waals surface area (Å²) in [5.74, 6) is -0.0694. The maximum Gasteiger partial charge on any atom is 0.226 e. The van der Waals surface area contributed by atoms with Crippen LogP contribution in [-0.2, 0) is 17.8 Å². The molecule has 5 nitrogen and oxygen atoms in total. The van der Waals surface area contributed by atoms with Crippen molar-refractivity contribution in [1.29, 1.82) is 0 Å². The summed E-state index contributed by atoms with van der Waals surface area (Å²) in [6, 6.07) is 0. The molecule has 5 heteroatoms. The lowest BCUT2D eigenvalue weighted by Gasteiger charge is -2.18. The van der Waals surface area contributed by atoms with Crippen molar-refractivity contribution in [3.05, 3.63) is 18.0 Å². The Morgan fingerprint density at radius 3 is 2.82 bits per heavy atom. The van der Waals surface area contributed by atoms with Crippen molar-refractivity contribution < 1.29 is 4.79 Å². The number of aromatic nitrogens is 2. The third-order valence-electron chi connectivity index (χ3n) is 2.70. The topological polar surface area (TPSA) is 64.2 Å². The molecule has 0 aromatic carbocycles. The fourth-order valence-electron chi connectivity index (χ4n) is 1.78. The Kier molecular flexibility index (Phi) is 5.15. The highest BCUT2D eigenvalue weighted by atomic mass is 16.2. The SMILES string of the molecule is CCCn1cc(CC(CN)C(=O)N(C)C)cn1. The molecule has 0 aliphatic carbocycles. The van der Waals surface area contributed by atoms with Crippen LogP contribution in [0.15, 0.2) is 12.4 Å². The summed E-state index contributed by atoms with van der Waals surface area (Å²) in [5.41, 5.74) is 6.72. The molecule has 1 atom stereocenters. The molecule has 1 rings (SSSR count). The maximum atomic E-state index is 11.8. The van der Waals surface area contributed by atoms with Crippen molar-refractivity contribution >= 4 is 5.91 Å². The molecule has 0 spiro atoms. The van der Waals surface area contributed by atoms with E-state index in [9.17, 15) is 4.79 Å². The summed E-state index contributed by atoms with van der Waals surface area (Å²) in [4.78, 5) is 13.4. The Hall–Kier alpha value is -1.36. The molecule has 0 saturated carbocycles. The predicted molar refractivity (Wildman–Crippen MR) is 67.5 cm³/mol. The summed E-state index contributed by atoms with van der Waals surface area (Å²) in [5, 5.41) is 4.25. The van der Waals surface area contributed by atoms with Crippen molar-refractivity contribution in [1.82, 2.24) is 14.7 Å². The van der Waals surface area contributed by atoms with E-state index in [-0.39, 0.29) is 11.8 Å². The lowest BCUT2D eigenvalue weighted by Crippen LogP contribution is -2.35. The Morgan fingerprint density at radius 2 is 2.29 bits per heavy atom. The Balaban J connectivity index is 2.63. The average Bonchev–Trinajstić information content (AvgIpc) is 2.73. The first-order valence-corrected chi connectivity index (χ1v) is 6.01. The van der Waals surface area contributed by atoms with Gasteiger partial charge in [0, 0.05) is 33.4 Å². The molecule has 1 unspecified atom stereocenters. The van der Waals surface area contributed by atoms with Gasteiger partial charge in [0.05, 0.1) is 12.1 Å². The molecule has 1 aromatic heterocycles. The monoisotopic (exact) mass is 238 g/mol. The number of carbonyl (C=O) groups excluding carboxylic acids is 1. The standard InChI is InChI=1S/C12H22N4O/c1-4-5-16-9-10(8-14-16)6-11(7-13)12(17)15(2)3/h8-9,11H,4-7,13H2,1-3H3. The molecule has 0 aliphatic heterocycles. The molecule has 0 radical (unpaired) electrons. The van der Waals surface area contributed by atoms with Gasteiger partial charge in [0.15, 0.2) is 0 Å². The zero-order valence-electron chi connectivity index (χ0n) is 10.9. The minimum absolute atomic E-state index is 0.0794. The molecule has 0 fully saturated rings. The highest BCUT2D eigenvalue weighted by Gasteiger charge is 2.19. The van der Waals surface area contributed by atoms with E-state index in [0.29, 0.717) is 13.0 Å². The van der Waals surface area contributed by atoms with E-state index >= 15 is 0 Å². The van der Waals surface area contributed by atoms with E-state index in [1.165, 1.54) is 0 Å². The third-order valence-corrected chi connectivity index (χ3v) is 2.70. The zero-order chi connectivity index (χ0) is 12.8. The normalized spacial score (nSPS) is 12.5. The van der Waals surface area contributed by atoms with Gasteiger partial charge in [-0.1, -0.05) is 6.92 Å². The molecule has 96 valence electrons. The molecular weight excluding hydrogens is 216 g/mol.